The van der Waals surface area contributed by atoms with Crippen LogP contribution in [0.5, 0.6) is 0 Å². The number of carbonyl (C=O) groups excluding carboxylic acids is 2. The van der Waals surface area contributed by atoms with E-state index in [2.05, 4.69) is 27.9 Å². The van der Waals surface area contributed by atoms with Crippen LogP contribution in [0.1, 0.15) is 74.6 Å². The molecule has 0 saturated carbocycles. The van der Waals surface area contributed by atoms with E-state index in [1.165, 1.54) is 0 Å². The highest BCUT2D eigenvalue weighted by molar-refractivity contribution is 5.94. The molecule has 5 rings (SSSR count). The summed E-state index contributed by atoms with van der Waals surface area (Å²) in [5.74, 6) is 0.986. The number of ether oxygens (including phenoxy) is 1. The van der Waals surface area contributed by atoms with Gasteiger partial charge in [0.05, 0.1) is 12.2 Å². The number of hydrogen-bond donors (Lipinski definition) is 0. The Labute approximate surface area is 237 Å². The fourth-order valence-corrected chi connectivity index (χ4v) is 5.89. The number of fused-ring (bicyclic) bond motifs is 1. The van der Waals surface area contributed by atoms with Crippen molar-refractivity contribution in [3.63, 3.8) is 0 Å². The highest BCUT2D eigenvalue weighted by Gasteiger charge is 2.47. The monoisotopic (exact) mass is 543 g/mol. The normalized spacial score (nSPS) is 19.0. The Morgan fingerprint density at radius 3 is 2.30 bits per heavy atom. The molecule has 0 aliphatic carbocycles. The van der Waals surface area contributed by atoms with Gasteiger partial charge in [-0.3, -0.25) is 4.79 Å². The minimum Gasteiger partial charge on any atom is -0.444 e. The first-order chi connectivity index (χ1) is 19.1. The van der Waals surface area contributed by atoms with Crippen molar-refractivity contribution in [2.75, 3.05) is 37.6 Å². The van der Waals surface area contributed by atoms with Gasteiger partial charge in [0.25, 0.3) is 5.91 Å². The Balaban J connectivity index is 1.22. The maximum Gasteiger partial charge on any atom is 0.410 e. The Morgan fingerprint density at radius 1 is 0.975 bits per heavy atom. The van der Waals surface area contributed by atoms with Gasteiger partial charge in [0.15, 0.2) is 0 Å². The molecule has 0 unspecified atom stereocenters. The number of allylic oxidation sites excluding steroid dienone is 4. The number of likely N-dealkylation sites (tertiary alicyclic amines) is 1. The van der Waals surface area contributed by atoms with Crippen LogP contribution in [-0.4, -0.2) is 70.1 Å². The molecule has 2 fully saturated rings. The third-order valence-electron chi connectivity index (χ3n) is 8.22. The summed E-state index contributed by atoms with van der Waals surface area (Å²) < 4.78 is 5.56. The predicted molar refractivity (Wildman–Crippen MR) is 157 cm³/mol. The van der Waals surface area contributed by atoms with Crippen molar-refractivity contribution in [2.45, 2.75) is 66.0 Å². The number of hydrogen-bond acceptors (Lipinski definition) is 6. The highest BCUT2D eigenvalue weighted by atomic mass is 16.6. The van der Waals surface area contributed by atoms with Crippen molar-refractivity contribution in [3.05, 3.63) is 71.2 Å². The van der Waals surface area contributed by atoms with E-state index in [-0.39, 0.29) is 17.4 Å². The Kier molecular flexibility index (Phi) is 7.71. The third kappa shape index (κ3) is 5.91. The van der Waals surface area contributed by atoms with Crippen molar-refractivity contribution < 1.29 is 14.3 Å². The molecule has 0 N–H and O–H groups in total. The van der Waals surface area contributed by atoms with Crippen LogP contribution in [-0.2, 0) is 17.7 Å². The number of amides is 2. The van der Waals surface area contributed by atoms with E-state index in [4.69, 9.17) is 4.74 Å². The lowest BCUT2D eigenvalue weighted by Gasteiger charge is -2.54. The van der Waals surface area contributed by atoms with E-state index in [0.717, 1.165) is 73.7 Å². The summed E-state index contributed by atoms with van der Waals surface area (Å²) in [6.07, 6.45) is 10.2. The molecule has 3 aliphatic heterocycles. The van der Waals surface area contributed by atoms with Gasteiger partial charge in [0.2, 0.25) is 0 Å². The molecule has 8 heteroatoms. The van der Waals surface area contributed by atoms with E-state index in [1.54, 1.807) is 6.33 Å². The van der Waals surface area contributed by atoms with Crippen LogP contribution in [0.4, 0.5) is 10.6 Å². The number of aromatic nitrogens is 2. The molecular formula is C32H41N5O3. The summed E-state index contributed by atoms with van der Waals surface area (Å²) in [6.45, 7) is 14.2. The second-order valence-electron chi connectivity index (χ2n) is 12.4. The molecule has 212 valence electrons. The first-order valence-electron chi connectivity index (χ1n) is 14.3. The third-order valence-corrected chi connectivity index (χ3v) is 8.22. The summed E-state index contributed by atoms with van der Waals surface area (Å²) in [7, 11) is 0. The predicted octanol–water partition coefficient (Wildman–Crippen LogP) is 5.49. The molecule has 1 spiro atoms. The van der Waals surface area contributed by atoms with Crippen LogP contribution in [0.15, 0.2) is 48.8 Å². The molecule has 8 nitrogen and oxygen atoms in total. The van der Waals surface area contributed by atoms with Crippen molar-refractivity contribution in [3.8, 4) is 0 Å². The molecule has 2 amide bonds. The zero-order valence-electron chi connectivity index (χ0n) is 24.4. The Hall–Kier alpha value is -3.68. The fourth-order valence-electron chi connectivity index (χ4n) is 5.89. The van der Waals surface area contributed by atoms with Gasteiger partial charge in [-0.25, -0.2) is 14.8 Å². The van der Waals surface area contributed by atoms with Crippen molar-refractivity contribution in [1.29, 1.82) is 0 Å². The zero-order chi connectivity index (χ0) is 28.5. The van der Waals surface area contributed by atoms with E-state index >= 15 is 0 Å². The maximum absolute atomic E-state index is 13.4. The lowest BCUT2D eigenvalue weighted by molar-refractivity contribution is 0.00583. The van der Waals surface area contributed by atoms with Crippen molar-refractivity contribution in [1.82, 2.24) is 19.8 Å². The SMILES string of the molecule is C/C=C\C=C(/C)c1ccc(C(=O)N2CCc3ncnc(N4CC5(CCN(C(=O)OC(C)(C)C)CC5)C4)c3C2)cc1. The molecular weight excluding hydrogens is 502 g/mol. The number of carbonyl (C=O) groups is 2. The smallest absolute Gasteiger partial charge is 0.410 e. The number of anilines is 1. The highest BCUT2D eigenvalue weighted by Crippen LogP contribution is 2.43. The first kappa shape index (κ1) is 27.9. The van der Waals surface area contributed by atoms with Crippen LogP contribution in [0.3, 0.4) is 0 Å². The lowest BCUT2D eigenvalue weighted by atomic mass is 9.72. The molecule has 2 aromatic rings. The van der Waals surface area contributed by atoms with Crippen molar-refractivity contribution in [2.24, 2.45) is 5.41 Å². The van der Waals surface area contributed by atoms with Gasteiger partial charge >= 0.3 is 6.09 Å². The van der Waals surface area contributed by atoms with Crippen LogP contribution in [0, 0.1) is 5.41 Å². The van der Waals surface area contributed by atoms with Gasteiger partial charge in [-0.05, 0) is 70.7 Å². The van der Waals surface area contributed by atoms with Crippen LogP contribution < -0.4 is 4.90 Å². The average molecular weight is 544 g/mol. The van der Waals surface area contributed by atoms with Crippen molar-refractivity contribution >= 4 is 23.4 Å². The number of benzene rings is 1. The van der Waals surface area contributed by atoms with Crippen LogP contribution >= 0.6 is 0 Å². The first-order valence-corrected chi connectivity index (χ1v) is 14.3. The molecule has 3 aliphatic rings. The summed E-state index contributed by atoms with van der Waals surface area (Å²) in [5.41, 5.74) is 4.78. The van der Waals surface area contributed by atoms with Gasteiger partial charge in [0, 0.05) is 55.7 Å². The Bertz CT molecular complexity index is 1310. The van der Waals surface area contributed by atoms with E-state index in [1.807, 2.05) is 73.9 Å². The largest absolute Gasteiger partial charge is 0.444 e. The van der Waals surface area contributed by atoms with Crippen LogP contribution in [0.25, 0.3) is 5.57 Å². The maximum atomic E-state index is 13.4. The van der Waals surface area contributed by atoms with E-state index in [0.29, 0.717) is 18.7 Å². The summed E-state index contributed by atoms with van der Waals surface area (Å²) >= 11 is 0. The molecule has 1 aromatic heterocycles. The molecule has 0 radical (unpaired) electrons. The Morgan fingerprint density at radius 2 is 1.65 bits per heavy atom. The average Bonchev–Trinajstić information content (AvgIpc) is 2.93. The van der Waals surface area contributed by atoms with Crippen LogP contribution in [0.2, 0.25) is 0 Å². The van der Waals surface area contributed by atoms with Gasteiger partial charge in [-0.15, -0.1) is 0 Å². The minimum absolute atomic E-state index is 0.0386. The number of nitrogens with zero attached hydrogens (tertiary/aromatic N) is 5. The second kappa shape index (κ2) is 11.1. The molecule has 0 bridgehead atoms. The van der Waals surface area contributed by atoms with Gasteiger partial charge in [-0.1, -0.05) is 30.4 Å². The second-order valence-corrected chi connectivity index (χ2v) is 12.4. The summed E-state index contributed by atoms with van der Waals surface area (Å²) in [4.78, 5) is 41.3. The van der Waals surface area contributed by atoms with Gasteiger partial charge in [0.1, 0.15) is 17.7 Å². The number of rotatable bonds is 4. The van der Waals surface area contributed by atoms with E-state index < -0.39 is 5.60 Å². The zero-order valence-corrected chi connectivity index (χ0v) is 24.4. The lowest BCUT2D eigenvalue weighted by Crippen LogP contribution is -2.61. The standard InChI is InChI=1S/C32H41N5O3/c1-6-7-8-23(2)24-9-11-25(12-10-24)29(38)36-16-13-27-26(19-36)28(34-22-33-27)37-20-32(21-37)14-17-35(18-15-32)30(39)40-31(3,4)5/h6-12,22H,13-21H2,1-5H3/b7-6-,23-8+. The van der Waals surface area contributed by atoms with E-state index in [9.17, 15) is 9.59 Å². The molecule has 40 heavy (non-hydrogen) atoms. The minimum atomic E-state index is -0.479. The summed E-state index contributed by atoms with van der Waals surface area (Å²) in [6, 6.07) is 7.88. The fraction of sp³-hybridized carbons (Fsp3) is 0.500. The topological polar surface area (TPSA) is 78.9 Å². The van der Waals surface area contributed by atoms with Gasteiger partial charge < -0.3 is 19.4 Å². The van der Waals surface area contributed by atoms with Gasteiger partial charge in [-0.2, -0.15) is 0 Å². The molecule has 0 atom stereocenters. The molecule has 4 heterocycles. The summed E-state index contributed by atoms with van der Waals surface area (Å²) in [5, 5.41) is 0. The number of piperidine rings is 1. The molecule has 1 aromatic carbocycles. The quantitative estimate of drug-likeness (QED) is 0.475. The molecule has 2 saturated heterocycles.